The lowest BCUT2D eigenvalue weighted by molar-refractivity contribution is -0.149. The van der Waals surface area contributed by atoms with Gasteiger partial charge in [-0.1, -0.05) is 19.3 Å². The minimum atomic E-state index is -0.338. The zero-order chi connectivity index (χ0) is 19.7. The predicted octanol–water partition coefficient (Wildman–Crippen LogP) is 3.54. The monoisotopic (exact) mass is 383 g/mol. The standard InChI is InChI=1S/C23H33N3O2/c1-24(2)19-11-9-18(10-12-19)21(27)25-16-14-23(17-25)13-6-15-26(22(23)28)20-7-4-3-5-8-20/h9-12,20H,3-8,13-17H2,1-2H3. The van der Waals surface area contributed by atoms with Crippen LogP contribution in [0.4, 0.5) is 5.69 Å². The molecular weight excluding hydrogens is 350 g/mol. The smallest absolute Gasteiger partial charge is 0.253 e. The van der Waals surface area contributed by atoms with Crippen molar-refractivity contribution in [1.82, 2.24) is 9.80 Å². The summed E-state index contributed by atoms with van der Waals surface area (Å²) < 4.78 is 0. The minimum absolute atomic E-state index is 0.0600. The number of nitrogens with zero attached hydrogens (tertiary/aromatic N) is 3. The van der Waals surface area contributed by atoms with Crippen molar-refractivity contribution < 1.29 is 9.59 Å². The van der Waals surface area contributed by atoms with E-state index in [-0.39, 0.29) is 11.3 Å². The number of benzene rings is 1. The van der Waals surface area contributed by atoms with Crippen LogP contribution in [0.5, 0.6) is 0 Å². The normalized spacial score (nSPS) is 26.1. The van der Waals surface area contributed by atoms with E-state index in [4.69, 9.17) is 0 Å². The number of rotatable bonds is 3. The Morgan fingerprint density at radius 3 is 2.39 bits per heavy atom. The van der Waals surface area contributed by atoms with Crippen LogP contribution in [0.3, 0.4) is 0 Å². The van der Waals surface area contributed by atoms with E-state index in [2.05, 4.69) is 4.90 Å². The Morgan fingerprint density at radius 1 is 1.00 bits per heavy atom. The van der Waals surface area contributed by atoms with Crippen molar-refractivity contribution in [2.24, 2.45) is 5.41 Å². The van der Waals surface area contributed by atoms with E-state index in [0.717, 1.165) is 49.9 Å². The fraction of sp³-hybridized carbons (Fsp3) is 0.652. The molecule has 1 spiro atoms. The van der Waals surface area contributed by atoms with Crippen molar-refractivity contribution in [3.63, 3.8) is 0 Å². The first-order chi connectivity index (χ1) is 13.5. The van der Waals surface area contributed by atoms with Crippen molar-refractivity contribution in [3.05, 3.63) is 29.8 Å². The highest BCUT2D eigenvalue weighted by atomic mass is 16.2. The third kappa shape index (κ3) is 3.51. The van der Waals surface area contributed by atoms with Gasteiger partial charge < -0.3 is 14.7 Å². The average molecular weight is 384 g/mol. The predicted molar refractivity (Wildman–Crippen MR) is 112 cm³/mol. The lowest BCUT2D eigenvalue weighted by Crippen LogP contribution is -2.54. The number of hydrogen-bond donors (Lipinski definition) is 0. The zero-order valence-electron chi connectivity index (χ0n) is 17.3. The minimum Gasteiger partial charge on any atom is -0.378 e. The molecule has 0 N–H and O–H groups in total. The molecule has 5 nitrogen and oxygen atoms in total. The van der Waals surface area contributed by atoms with E-state index in [1.807, 2.05) is 48.2 Å². The fourth-order valence-electron chi connectivity index (χ4n) is 5.35. The van der Waals surface area contributed by atoms with Gasteiger partial charge >= 0.3 is 0 Å². The number of likely N-dealkylation sites (tertiary alicyclic amines) is 2. The van der Waals surface area contributed by atoms with Gasteiger partial charge in [0.15, 0.2) is 0 Å². The van der Waals surface area contributed by atoms with Crippen LogP contribution in [0.15, 0.2) is 24.3 Å². The lowest BCUT2D eigenvalue weighted by atomic mass is 9.77. The van der Waals surface area contributed by atoms with Crippen molar-refractivity contribution in [1.29, 1.82) is 0 Å². The number of piperidine rings is 1. The van der Waals surface area contributed by atoms with Gasteiger partial charge in [-0.15, -0.1) is 0 Å². The summed E-state index contributed by atoms with van der Waals surface area (Å²) in [6.07, 6.45) is 8.92. The van der Waals surface area contributed by atoms with Crippen LogP contribution in [0, 0.1) is 5.41 Å². The summed E-state index contributed by atoms with van der Waals surface area (Å²) in [5, 5.41) is 0. The fourth-order valence-corrected chi connectivity index (χ4v) is 5.35. The maximum Gasteiger partial charge on any atom is 0.253 e. The highest BCUT2D eigenvalue weighted by molar-refractivity contribution is 5.96. The molecule has 3 aliphatic rings. The quantitative estimate of drug-likeness (QED) is 0.802. The summed E-state index contributed by atoms with van der Waals surface area (Å²) in [6, 6.07) is 8.20. The molecule has 0 radical (unpaired) electrons. The second-order valence-electron chi connectivity index (χ2n) is 9.09. The molecule has 2 heterocycles. The Hall–Kier alpha value is -2.04. The van der Waals surface area contributed by atoms with Gasteiger partial charge in [0, 0.05) is 51.0 Å². The molecule has 2 saturated heterocycles. The van der Waals surface area contributed by atoms with Crippen LogP contribution < -0.4 is 4.90 Å². The zero-order valence-corrected chi connectivity index (χ0v) is 17.3. The lowest BCUT2D eigenvalue weighted by Gasteiger charge is -2.44. The summed E-state index contributed by atoms with van der Waals surface area (Å²) in [6.45, 7) is 2.19. The summed E-state index contributed by atoms with van der Waals surface area (Å²) in [5.41, 5.74) is 1.46. The average Bonchev–Trinajstić information content (AvgIpc) is 3.15. The molecule has 3 fully saturated rings. The second-order valence-corrected chi connectivity index (χ2v) is 9.09. The highest BCUT2D eigenvalue weighted by Gasteiger charge is 2.50. The van der Waals surface area contributed by atoms with Gasteiger partial charge in [-0.2, -0.15) is 0 Å². The molecule has 28 heavy (non-hydrogen) atoms. The number of carbonyl (C=O) groups excluding carboxylic acids is 2. The van der Waals surface area contributed by atoms with E-state index in [1.165, 1.54) is 19.3 Å². The maximum atomic E-state index is 13.5. The highest BCUT2D eigenvalue weighted by Crippen LogP contribution is 2.42. The molecule has 0 bridgehead atoms. The molecule has 152 valence electrons. The molecule has 1 atom stereocenters. The van der Waals surface area contributed by atoms with Gasteiger partial charge in [0.2, 0.25) is 5.91 Å². The van der Waals surface area contributed by atoms with Crippen LogP contribution in [0.1, 0.15) is 61.7 Å². The van der Waals surface area contributed by atoms with Crippen LogP contribution in [-0.2, 0) is 4.79 Å². The van der Waals surface area contributed by atoms with Gasteiger partial charge in [-0.25, -0.2) is 0 Å². The second kappa shape index (κ2) is 7.76. The van der Waals surface area contributed by atoms with Gasteiger partial charge in [-0.05, 0) is 56.4 Å². The van der Waals surface area contributed by atoms with E-state index < -0.39 is 0 Å². The van der Waals surface area contributed by atoms with E-state index in [9.17, 15) is 9.59 Å². The Labute approximate surface area is 168 Å². The molecule has 0 aromatic heterocycles. The molecule has 1 saturated carbocycles. The first-order valence-electron chi connectivity index (χ1n) is 10.9. The van der Waals surface area contributed by atoms with Gasteiger partial charge in [0.05, 0.1) is 5.41 Å². The van der Waals surface area contributed by atoms with E-state index >= 15 is 0 Å². The van der Waals surface area contributed by atoms with Crippen molar-refractivity contribution in [2.45, 2.75) is 57.4 Å². The molecule has 1 aromatic carbocycles. The topological polar surface area (TPSA) is 43.9 Å². The van der Waals surface area contributed by atoms with Crippen molar-refractivity contribution in [2.75, 3.05) is 38.6 Å². The molecule has 2 amide bonds. The molecule has 4 rings (SSSR count). The Balaban J connectivity index is 1.46. The van der Waals surface area contributed by atoms with E-state index in [1.54, 1.807) is 0 Å². The maximum absolute atomic E-state index is 13.5. The summed E-state index contributed by atoms with van der Waals surface area (Å²) >= 11 is 0. The third-order valence-electron chi connectivity index (χ3n) is 7.06. The largest absolute Gasteiger partial charge is 0.378 e. The summed E-state index contributed by atoms with van der Waals surface area (Å²) in [5.74, 6) is 0.383. The molecular formula is C23H33N3O2. The number of carbonyl (C=O) groups is 2. The molecule has 1 aliphatic carbocycles. The first-order valence-corrected chi connectivity index (χ1v) is 10.9. The number of hydrogen-bond acceptors (Lipinski definition) is 3. The number of anilines is 1. The SMILES string of the molecule is CN(C)c1ccc(C(=O)N2CCC3(CCCN(C4CCCCC4)C3=O)C2)cc1. The van der Waals surface area contributed by atoms with Crippen LogP contribution in [-0.4, -0.2) is 61.4 Å². The Bertz CT molecular complexity index is 724. The van der Waals surface area contributed by atoms with Crippen LogP contribution in [0.25, 0.3) is 0 Å². The molecule has 1 aromatic rings. The molecule has 1 unspecified atom stereocenters. The summed E-state index contributed by atoms with van der Waals surface area (Å²) in [7, 11) is 3.99. The van der Waals surface area contributed by atoms with Crippen LogP contribution in [0.2, 0.25) is 0 Å². The molecule has 5 heteroatoms. The first kappa shape index (κ1) is 19.3. The van der Waals surface area contributed by atoms with Crippen molar-refractivity contribution >= 4 is 17.5 Å². The van der Waals surface area contributed by atoms with Crippen molar-refractivity contribution in [3.8, 4) is 0 Å². The van der Waals surface area contributed by atoms with Crippen LogP contribution >= 0.6 is 0 Å². The molecule has 2 aliphatic heterocycles. The van der Waals surface area contributed by atoms with E-state index in [0.29, 0.717) is 25.0 Å². The third-order valence-corrected chi connectivity index (χ3v) is 7.06. The number of amides is 2. The van der Waals surface area contributed by atoms with Gasteiger partial charge in [-0.3, -0.25) is 9.59 Å². The Kier molecular flexibility index (Phi) is 5.35. The van der Waals surface area contributed by atoms with Gasteiger partial charge in [0.1, 0.15) is 0 Å². The summed E-state index contributed by atoms with van der Waals surface area (Å²) in [4.78, 5) is 32.6. The Morgan fingerprint density at radius 2 is 1.71 bits per heavy atom. The van der Waals surface area contributed by atoms with Gasteiger partial charge in [0.25, 0.3) is 5.91 Å².